The second kappa shape index (κ2) is 12.5. The van der Waals surface area contributed by atoms with Crippen molar-refractivity contribution in [3.8, 4) is 0 Å². The third-order valence-electron chi connectivity index (χ3n) is 2.66. The molecule has 4 heteroatoms. The Hall–Kier alpha value is -0.610. The van der Waals surface area contributed by atoms with Crippen LogP contribution in [0.3, 0.4) is 0 Å². The van der Waals surface area contributed by atoms with Crippen LogP contribution in [-0.4, -0.2) is 17.8 Å². The average molecular weight is 231 g/mol. The van der Waals surface area contributed by atoms with Crippen molar-refractivity contribution in [2.24, 2.45) is 5.73 Å². The lowest BCUT2D eigenvalue weighted by atomic mass is 10.1. The van der Waals surface area contributed by atoms with Gasteiger partial charge >= 0.3 is 0 Å². The van der Waals surface area contributed by atoms with Crippen LogP contribution in [0.4, 0.5) is 0 Å². The Morgan fingerprint density at radius 3 is 1.75 bits per heavy atom. The Balaban J connectivity index is 2.90. The molecule has 0 saturated heterocycles. The van der Waals surface area contributed by atoms with Gasteiger partial charge in [0.1, 0.15) is 0 Å². The fraction of sp³-hybridized carbons (Fsp3) is 0.917. The molecule has 0 saturated carbocycles. The van der Waals surface area contributed by atoms with E-state index in [4.69, 9.17) is 11.0 Å². The molecule has 0 bridgehead atoms. The van der Waals surface area contributed by atoms with Crippen LogP contribution in [0, 0.1) is 0 Å². The number of primary amides is 1. The second-order valence-electron chi connectivity index (χ2n) is 4.23. The van der Waals surface area contributed by atoms with Gasteiger partial charge in [0.25, 0.3) is 0 Å². The molecular formula is C12H25NO3. The van der Waals surface area contributed by atoms with Gasteiger partial charge in [0, 0.05) is 6.42 Å². The monoisotopic (exact) mass is 231 g/mol. The minimum atomic E-state index is -0.189. The fourth-order valence-corrected chi connectivity index (χ4v) is 1.70. The number of hydrogen-bond acceptors (Lipinski definition) is 3. The van der Waals surface area contributed by atoms with Gasteiger partial charge in [-0.05, 0) is 12.8 Å². The highest BCUT2D eigenvalue weighted by Gasteiger charge is 1.95. The smallest absolute Gasteiger partial charge is 0.217 e. The molecule has 0 heterocycles. The SMILES string of the molecule is NC(=O)CCCCCCCCCCCOO. The van der Waals surface area contributed by atoms with Gasteiger partial charge in [-0.25, -0.2) is 4.89 Å². The summed E-state index contributed by atoms with van der Waals surface area (Å²) in [5.74, 6) is -0.189. The second-order valence-corrected chi connectivity index (χ2v) is 4.23. The van der Waals surface area contributed by atoms with Gasteiger partial charge in [-0.3, -0.25) is 10.1 Å². The van der Waals surface area contributed by atoms with Crippen molar-refractivity contribution in [1.82, 2.24) is 0 Å². The number of amides is 1. The molecule has 4 nitrogen and oxygen atoms in total. The maximum atomic E-state index is 10.5. The van der Waals surface area contributed by atoms with Gasteiger partial charge in [-0.2, -0.15) is 0 Å². The van der Waals surface area contributed by atoms with Crippen LogP contribution in [-0.2, 0) is 9.68 Å². The van der Waals surface area contributed by atoms with Gasteiger partial charge < -0.3 is 5.73 Å². The van der Waals surface area contributed by atoms with E-state index in [0.717, 1.165) is 25.7 Å². The highest BCUT2D eigenvalue weighted by atomic mass is 17.1. The Kier molecular flexibility index (Phi) is 12.0. The first kappa shape index (κ1) is 15.4. The molecular weight excluding hydrogens is 206 g/mol. The predicted octanol–water partition coefficient (Wildman–Crippen LogP) is 2.86. The summed E-state index contributed by atoms with van der Waals surface area (Å²) in [6, 6.07) is 0. The molecule has 0 rings (SSSR count). The van der Waals surface area contributed by atoms with E-state index in [0.29, 0.717) is 13.0 Å². The number of carbonyl (C=O) groups excluding carboxylic acids is 1. The summed E-state index contributed by atoms with van der Waals surface area (Å²) in [6.07, 6.45) is 10.8. The van der Waals surface area contributed by atoms with Crippen molar-refractivity contribution in [3.05, 3.63) is 0 Å². The minimum absolute atomic E-state index is 0.189. The third-order valence-corrected chi connectivity index (χ3v) is 2.66. The standard InChI is InChI=1S/C12H25NO3/c13-12(14)10-8-6-4-2-1-3-5-7-9-11-16-15/h15H,1-11H2,(H2,13,14). The molecule has 0 fully saturated rings. The lowest BCUT2D eigenvalue weighted by Gasteiger charge is -2.01. The third kappa shape index (κ3) is 13.4. The lowest BCUT2D eigenvalue weighted by Crippen LogP contribution is -2.09. The van der Waals surface area contributed by atoms with Crippen LogP contribution in [0.5, 0.6) is 0 Å². The zero-order valence-corrected chi connectivity index (χ0v) is 10.1. The van der Waals surface area contributed by atoms with E-state index >= 15 is 0 Å². The average Bonchev–Trinajstić information content (AvgIpc) is 2.25. The van der Waals surface area contributed by atoms with Gasteiger partial charge in [0.15, 0.2) is 0 Å². The van der Waals surface area contributed by atoms with Crippen LogP contribution in [0.15, 0.2) is 0 Å². The Morgan fingerprint density at radius 1 is 0.875 bits per heavy atom. The van der Waals surface area contributed by atoms with E-state index in [1.165, 1.54) is 32.1 Å². The summed E-state index contributed by atoms with van der Waals surface area (Å²) in [6.45, 7) is 0.452. The minimum Gasteiger partial charge on any atom is -0.370 e. The van der Waals surface area contributed by atoms with Crippen LogP contribution in [0.2, 0.25) is 0 Å². The van der Waals surface area contributed by atoms with E-state index < -0.39 is 0 Å². The highest BCUT2D eigenvalue weighted by Crippen LogP contribution is 2.10. The number of unbranched alkanes of at least 4 members (excludes halogenated alkanes) is 8. The number of rotatable bonds is 12. The number of hydrogen-bond donors (Lipinski definition) is 2. The number of nitrogens with two attached hydrogens (primary N) is 1. The fourth-order valence-electron chi connectivity index (χ4n) is 1.70. The summed E-state index contributed by atoms with van der Waals surface area (Å²) >= 11 is 0. The summed E-state index contributed by atoms with van der Waals surface area (Å²) < 4.78 is 0. The van der Waals surface area contributed by atoms with Crippen LogP contribution < -0.4 is 5.73 Å². The van der Waals surface area contributed by atoms with Gasteiger partial charge in [0.05, 0.1) is 6.61 Å². The molecule has 0 aromatic heterocycles. The van der Waals surface area contributed by atoms with Gasteiger partial charge in [-0.15, -0.1) is 0 Å². The van der Waals surface area contributed by atoms with E-state index in [2.05, 4.69) is 4.89 Å². The molecule has 0 spiro atoms. The molecule has 1 amide bonds. The Morgan fingerprint density at radius 2 is 1.31 bits per heavy atom. The predicted molar refractivity (Wildman–Crippen MR) is 63.9 cm³/mol. The van der Waals surface area contributed by atoms with E-state index in [-0.39, 0.29) is 5.91 Å². The summed E-state index contributed by atoms with van der Waals surface area (Å²) in [5.41, 5.74) is 5.05. The van der Waals surface area contributed by atoms with Crippen LogP contribution in [0.1, 0.15) is 64.2 Å². The van der Waals surface area contributed by atoms with Crippen molar-refractivity contribution < 1.29 is 14.9 Å². The molecule has 0 aliphatic heterocycles. The molecule has 96 valence electrons. The van der Waals surface area contributed by atoms with Crippen molar-refractivity contribution in [2.45, 2.75) is 64.2 Å². The first-order chi connectivity index (χ1) is 7.77. The Labute approximate surface area is 98.1 Å². The summed E-state index contributed by atoms with van der Waals surface area (Å²) in [4.78, 5) is 14.4. The lowest BCUT2D eigenvalue weighted by molar-refractivity contribution is -0.242. The maximum Gasteiger partial charge on any atom is 0.217 e. The zero-order chi connectivity index (χ0) is 12.1. The van der Waals surface area contributed by atoms with E-state index in [1.54, 1.807) is 0 Å². The molecule has 0 aliphatic rings. The molecule has 0 atom stereocenters. The highest BCUT2D eigenvalue weighted by molar-refractivity contribution is 5.73. The molecule has 0 unspecified atom stereocenters. The first-order valence-electron chi connectivity index (χ1n) is 6.32. The molecule has 0 aromatic carbocycles. The molecule has 3 N–H and O–H groups in total. The molecule has 0 aromatic rings. The van der Waals surface area contributed by atoms with Crippen molar-refractivity contribution in [1.29, 1.82) is 0 Å². The first-order valence-corrected chi connectivity index (χ1v) is 6.32. The van der Waals surface area contributed by atoms with Gasteiger partial charge in [-0.1, -0.05) is 44.9 Å². The summed E-state index contributed by atoms with van der Waals surface area (Å²) in [5, 5.41) is 8.10. The normalized spacial score (nSPS) is 10.6. The largest absolute Gasteiger partial charge is 0.370 e. The van der Waals surface area contributed by atoms with E-state index in [1.807, 2.05) is 0 Å². The van der Waals surface area contributed by atoms with Crippen molar-refractivity contribution in [3.63, 3.8) is 0 Å². The maximum absolute atomic E-state index is 10.5. The van der Waals surface area contributed by atoms with Gasteiger partial charge in [0.2, 0.25) is 5.91 Å². The Bertz CT molecular complexity index is 162. The summed E-state index contributed by atoms with van der Waals surface area (Å²) in [7, 11) is 0. The van der Waals surface area contributed by atoms with Crippen molar-refractivity contribution >= 4 is 5.91 Å². The number of carbonyl (C=O) groups is 1. The quantitative estimate of drug-likeness (QED) is 0.308. The van der Waals surface area contributed by atoms with Crippen molar-refractivity contribution in [2.75, 3.05) is 6.61 Å². The molecule has 16 heavy (non-hydrogen) atoms. The molecule has 0 aliphatic carbocycles. The topological polar surface area (TPSA) is 72.6 Å². The van der Waals surface area contributed by atoms with Crippen LogP contribution in [0.25, 0.3) is 0 Å². The molecule has 0 radical (unpaired) electrons. The van der Waals surface area contributed by atoms with Crippen LogP contribution >= 0.6 is 0 Å². The zero-order valence-electron chi connectivity index (χ0n) is 10.1. The van der Waals surface area contributed by atoms with E-state index in [9.17, 15) is 4.79 Å².